The lowest BCUT2D eigenvalue weighted by Gasteiger charge is -2.32. The molecule has 8 nitrogen and oxygen atoms in total. The summed E-state index contributed by atoms with van der Waals surface area (Å²) in [6.07, 6.45) is 3.54. The van der Waals surface area contributed by atoms with E-state index in [1.54, 1.807) is 41.3 Å². The highest BCUT2D eigenvalue weighted by Gasteiger charge is 2.30. The molecule has 2 amide bonds. The molecule has 0 aromatic heterocycles. The molecule has 43 heavy (non-hydrogen) atoms. The summed E-state index contributed by atoms with van der Waals surface area (Å²) in [6, 6.07) is 23.0. The summed E-state index contributed by atoms with van der Waals surface area (Å²) in [7, 11) is -3.66. The van der Waals surface area contributed by atoms with Crippen LogP contribution in [0.25, 0.3) is 0 Å². The Morgan fingerprint density at radius 1 is 0.907 bits per heavy atom. The molecule has 0 fully saturated rings. The van der Waals surface area contributed by atoms with Gasteiger partial charge in [-0.05, 0) is 55.2 Å². The topological polar surface area (TPSA) is 96.0 Å². The van der Waals surface area contributed by atoms with Gasteiger partial charge in [-0.2, -0.15) is 0 Å². The average molecular weight is 628 g/mol. The van der Waals surface area contributed by atoms with Gasteiger partial charge in [-0.1, -0.05) is 79.5 Å². The molecule has 0 unspecified atom stereocenters. The Morgan fingerprint density at radius 2 is 1.58 bits per heavy atom. The predicted octanol–water partition coefficient (Wildman–Crippen LogP) is 5.84. The monoisotopic (exact) mass is 627 g/mol. The third kappa shape index (κ3) is 10.6. The molecule has 1 atom stereocenters. The summed E-state index contributed by atoms with van der Waals surface area (Å²) in [5.41, 5.74) is 2.19. The zero-order valence-corrected chi connectivity index (χ0v) is 26.7. The maximum Gasteiger partial charge on any atom is 0.243 e. The summed E-state index contributed by atoms with van der Waals surface area (Å²) < 4.78 is 32.6. The second-order valence-electron chi connectivity index (χ2n) is 10.3. The van der Waals surface area contributed by atoms with Crippen LogP contribution in [0.15, 0.2) is 78.9 Å². The smallest absolute Gasteiger partial charge is 0.243 e. The van der Waals surface area contributed by atoms with E-state index in [1.807, 2.05) is 49.4 Å². The summed E-state index contributed by atoms with van der Waals surface area (Å²) >= 11 is 6.11. The lowest BCUT2D eigenvalue weighted by molar-refractivity contribution is -0.141. The number of hydrogen-bond donors (Lipinski definition) is 1. The van der Waals surface area contributed by atoms with Gasteiger partial charge in [0.15, 0.2) is 0 Å². The van der Waals surface area contributed by atoms with Gasteiger partial charge in [0.1, 0.15) is 11.8 Å². The molecule has 3 aromatic carbocycles. The van der Waals surface area contributed by atoms with Crippen molar-refractivity contribution in [3.8, 4) is 5.75 Å². The number of sulfonamides is 1. The Hall–Kier alpha value is -3.56. The highest BCUT2D eigenvalue weighted by molar-refractivity contribution is 7.92. The Labute approximate surface area is 261 Å². The number of benzene rings is 3. The standard InChI is InChI=1S/C33H42ClN3O5S/c1-4-6-22-35-33(39)30(24-26-13-8-7-9-14-26)36(25-27-18-20-28(34)21-19-27)32(38)17-12-23-37(43(3,40)41)29-15-10-11-16-31(29)42-5-2/h7-11,13-16,18-21,30H,4-6,12,17,22-25H2,1-3H3,(H,35,39)/t30-/m0/s1. The van der Waals surface area contributed by atoms with E-state index < -0.39 is 16.1 Å². The Balaban J connectivity index is 1.88. The number of hydrogen-bond acceptors (Lipinski definition) is 5. The van der Waals surface area contributed by atoms with Crippen LogP contribution in [-0.2, 0) is 32.6 Å². The first-order valence-corrected chi connectivity index (χ1v) is 16.9. The van der Waals surface area contributed by atoms with Crippen molar-refractivity contribution < 1.29 is 22.7 Å². The van der Waals surface area contributed by atoms with Crippen LogP contribution in [0.3, 0.4) is 0 Å². The molecular formula is C33H42ClN3O5S. The molecule has 0 spiro atoms. The molecule has 10 heteroatoms. The van der Waals surface area contributed by atoms with E-state index >= 15 is 0 Å². The van der Waals surface area contributed by atoms with E-state index in [9.17, 15) is 18.0 Å². The molecule has 232 valence electrons. The van der Waals surface area contributed by atoms with Gasteiger partial charge in [-0.15, -0.1) is 0 Å². The average Bonchev–Trinajstić information content (AvgIpc) is 2.98. The molecule has 0 saturated carbocycles. The van der Waals surface area contributed by atoms with Gasteiger partial charge in [0.2, 0.25) is 21.8 Å². The predicted molar refractivity (Wildman–Crippen MR) is 173 cm³/mol. The van der Waals surface area contributed by atoms with E-state index in [-0.39, 0.29) is 37.7 Å². The lowest BCUT2D eigenvalue weighted by atomic mass is 10.0. The van der Waals surface area contributed by atoms with Gasteiger partial charge in [0, 0.05) is 37.5 Å². The lowest BCUT2D eigenvalue weighted by Crippen LogP contribution is -2.50. The highest BCUT2D eigenvalue weighted by Crippen LogP contribution is 2.30. The SMILES string of the molecule is CCCCNC(=O)[C@H](Cc1ccccc1)N(Cc1ccc(Cl)cc1)C(=O)CCCN(c1ccccc1OCC)S(C)(=O)=O. The number of carbonyl (C=O) groups is 2. The molecule has 0 saturated heterocycles. The van der Waals surface area contributed by atoms with Crippen LogP contribution < -0.4 is 14.4 Å². The molecule has 3 aromatic rings. The molecule has 0 heterocycles. The zero-order valence-electron chi connectivity index (χ0n) is 25.2. The number of carbonyl (C=O) groups excluding carboxylic acids is 2. The van der Waals surface area contributed by atoms with Crippen LogP contribution in [0.1, 0.15) is 50.7 Å². The maximum atomic E-state index is 13.9. The number of nitrogens with one attached hydrogen (secondary N) is 1. The van der Waals surface area contributed by atoms with Crippen molar-refractivity contribution in [3.63, 3.8) is 0 Å². The van der Waals surface area contributed by atoms with Gasteiger partial charge in [0.05, 0.1) is 18.6 Å². The quantitative estimate of drug-likeness (QED) is 0.190. The van der Waals surface area contributed by atoms with E-state index in [1.165, 1.54) is 4.31 Å². The second-order valence-corrected chi connectivity index (χ2v) is 12.7. The Bertz CT molecular complexity index is 1420. The minimum Gasteiger partial charge on any atom is -0.492 e. The Kier molecular flexibility index (Phi) is 13.3. The molecule has 0 radical (unpaired) electrons. The van der Waals surface area contributed by atoms with E-state index in [4.69, 9.17) is 16.3 Å². The number of unbranched alkanes of at least 4 members (excludes halogenated alkanes) is 1. The first kappa shape index (κ1) is 33.9. The van der Waals surface area contributed by atoms with Gasteiger partial charge in [-0.3, -0.25) is 13.9 Å². The number of nitrogens with zero attached hydrogens (tertiary/aromatic N) is 2. The van der Waals surface area contributed by atoms with E-state index in [0.29, 0.717) is 36.0 Å². The summed E-state index contributed by atoms with van der Waals surface area (Å²) in [5.74, 6) is -0.00567. The van der Waals surface area contributed by atoms with Gasteiger partial charge in [0.25, 0.3) is 0 Å². The Morgan fingerprint density at radius 3 is 2.23 bits per heavy atom. The number of amides is 2. The summed E-state index contributed by atoms with van der Waals surface area (Å²) in [6.45, 7) is 5.07. The summed E-state index contributed by atoms with van der Waals surface area (Å²) in [4.78, 5) is 29.1. The van der Waals surface area contributed by atoms with Crippen molar-refractivity contribution in [2.24, 2.45) is 0 Å². The fraction of sp³-hybridized carbons (Fsp3) is 0.394. The number of anilines is 1. The second kappa shape index (κ2) is 16.9. The van der Waals surface area contributed by atoms with Gasteiger partial charge >= 0.3 is 0 Å². The van der Waals surface area contributed by atoms with Crippen LogP contribution in [0.5, 0.6) is 5.75 Å². The van der Waals surface area contributed by atoms with Gasteiger partial charge < -0.3 is 15.0 Å². The third-order valence-corrected chi connectivity index (χ3v) is 8.38. The minimum absolute atomic E-state index is 0.0456. The minimum atomic E-state index is -3.66. The first-order valence-electron chi connectivity index (χ1n) is 14.7. The van der Waals surface area contributed by atoms with Crippen LogP contribution >= 0.6 is 11.6 Å². The number of rotatable bonds is 17. The number of ether oxygens (including phenoxy) is 1. The van der Waals surface area contributed by atoms with Crippen molar-refractivity contribution in [1.82, 2.24) is 10.2 Å². The first-order chi connectivity index (χ1) is 20.6. The van der Waals surface area contributed by atoms with Gasteiger partial charge in [-0.25, -0.2) is 8.42 Å². The number of para-hydroxylation sites is 2. The molecule has 0 aliphatic heterocycles. The fourth-order valence-corrected chi connectivity index (χ4v) is 5.86. The molecule has 0 aliphatic rings. The van der Waals surface area contributed by atoms with Crippen molar-refractivity contribution in [2.45, 2.75) is 58.5 Å². The van der Waals surface area contributed by atoms with Crippen LogP contribution in [0.4, 0.5) is 5.69 Å². The maximum absolute atomic E-state index is 13.9. The molecule has 0 aliphatic carbocycles. The number of halogens is 1. The fourth-order valence-electron chi connectivity index (χ4n) is 4.77. The van der Waals surface area contributed by atoms with Crippen molar-refractivity contribution in [1.29, 1.82) is 0 Å². The normalized spacial score (nSPS) is 11.9. The van der Waals surface area contributed by atoms with Crippen molar-refractivity contribution in [2.75, 3.05) is 30.3 Å². The molecular weight excluding hydrogens is 586 g/mol. The third-order valence-electron chi connectivity index (χ3n) is 6.95. The van der Waals surface area contributed by atoms with Crippen molar-refractivity contribution >= 4 is 39.1 Å². The summed E-state index contributed by atoms with van der Waals surface area (Å²) in [5, 5.41) is 3.59. The van der Waals surface area contributed by atoms with Crippen LogP contribution in [0, 0.1) is 0 Å². The molecule has 1 N–H and O–H groups in total. The van der Waals surface area contributed by atoms with Crippen molar-refractivity contribution in [3.05, 3.63) is 95.0 Å². The molecule has 0 bridgehead atoms. The zero-order chi connectivity index (χ0) is 31.2. The van der Waals surface area contributed by atoms with E-state index in [2.05, 4.69) is 12.2 Å². The van der Waals surface area contributed by atoms with E-state index in [0.717, 1.165) is 30.2 Å². The largest absolute Gasteiger partial charge is 0.492 e. The van der Waals surface area contributed by atoms with Crippen LogP contribution in [0.2, 0.25) is 5.02 Å². The van der Waals surface area contributed by atoms with Crippen LogP contribution in [-0.4, -0.2) is 57.1 Å². The molecule has 3 rings (SSSR count). The highest BCUT2D eigenvalue weighted by atomic mass is 35.5.